The van der Waals surface area contributed by atoms with Crippen molar-refractivity contribution in [3.63, 3.8) is 0 Å². The van der Waals surface area contributed by atoms with Crippen molar-refractivity contribution in [2.75, 3.05) is 13.2 Å². The summed E-state index contributed by atoms with van der Waals surface area (Å²) in [5.41, 5.74) is 1.31. The zero-order chi connectivity index (χ0) is 13.8. The van der Waals surface area contributed by atoms with E-state index in [2.05, 4.69) is 25.2 Å². The molecular formula is C15H25NO3. The third kappa shape index (κ3) is 4.05. The van der Waals surface area contributed by atoms with Gasteiger partial charge in [0.15, 0.2) is 0 Å². The van der Waals surface area contributed by atoms with E-state index in [0.29, 0.717) is 12.5 Å². The fourth-order valence-corrected chi connectivity index (χ4v) is 3.37. The maximum absolute atomic E-state index is 11.5. The summed E-state index contributed by atoms with van der Waals surface area (Å²) in [4.78, 5) is 11.5. The van der Waals surface area contributed by atoms with E-state index in [-0.39, 0.29) is 12.0 Å². The van der Waals surface area contributed by atoms with Gasteiger partial charge < -0.3 is 15.2 Å². The monoisotopic (exact) mass is 267 g/mol. The molecule has 4 unspecified atom stereocenters. The molecule has 2 aliphatic rings. The predicted octanol–water partition coefficient (Wildman–Crippen LogP) is 2.20. The first kappa shape index (κ1) is 14.5. The van der Waals surface area contributed by atoms with Crippen molar-refractivity contribution >= 4 is 5.97 Å². The molecule has 1 saturated heterocycles. The molecule has 19 heavy (non-hydrogen) atoms. The van der Waals surface area contributed by atoms with Crippen molar-refractivity contribution in [3.8, 4) is 0 Å². The molecule has 2 rings (SSSR count). The Bertz CT molecular complexity index is 347. The van der Waals surface area contributed by atoms with Crippen molar-refractivity contribution in [3.05, 3.63) is 11.6 Å². The van der Waals surface area contributed by atoms with E-state index in [4.69, 9.17) is 4.74 Å². The van der Waals surface area contributed by atoms with Crippen LogP contribution in [0.1, 0.15) is 39.5 Å². The maximum Gasteiger partial charge on any atom is 0.320 e. The Labute approximate surface area is 115 Å². The molecule has 4 nitrogen and oxygen atoms in total. The van der Waals surface area contributed by atoms with E-state index in [9.17, 15) is 9.90 Å². The Morgan fingerprint density at radius 2 is 2.42 bits per heavy atom. The minimum atomic E-state index is -0.732. The van der Waals surface area contributed by atoms with E-state index < -0.39 is 12.0 Å². The number of carboxylic acids is 1. The summed E-state index contributed by atoms with van der Waals surface area (Å²) in [6.45, 7) is 5.73. The first-order chi connectivity index (χ1) is 9.06. The fourth-order valence-electron chi connectivity index (χ4n) is 3.37. The van der Waals surface area contributed by atoms with E-state index in [1.807, 2.05) is 0 Å². The molecule has 0 aromatic carbocycles. The Hall–Kier alpha value is -0.870. The van der Waals surface area contributed by atoms with Gasteiger partial charge in [-0.15, -0.1) is 0 Å². The number of nitrogens with one attached hydrogen (secondary N) is 1. The summed E-state index contributed by atoms with van der Waals surface area (Å²) in [6.07, 6.45) is 6.42. The lowest BCUT2D eigenvalue weighted by atomic mass is 9.79. The van der Waals surface area contributed by atoms with Crippen LogP contribution in [-0.2, 0) is 9.53 Å². The zero-order valence-electron chi connectivity index (χ0n) is 11.9. The van der Waals surface area contributed by atoms with E-state index in [1.165, 1.54) is 5.57 Å². The lowest BCUT2D eigenvalue weighted by Crippen LogP contribution is -2.46. The zero-order valence-corrected chi connectivity index (χ0v) is 11.9. The summed E-state index contributed by atoms with van der Waals surface area (Å²) in [5, 5.41) is 12.7. The van der Waals surface area contributed by atoms with Gasteiger partial charge in [-0.05, 0) is 44.4 Å². The molecule has 2 N–H and O–H groups in total. The molecule has 108 valence electrons. The standard InChI is InChI=1S/C15H25NO3/c1-10-6-11(2)8-12(7-10)14(15(17)18)16-9-13-4-3-5-19-13/h6,10,12-14,16H,3-5,7-9H2,1-2H3,(H,17,18). The van der Waals surface area contributed by atoms with Crippen LogP contribution in [0.15, 0.2) is 11.6 Å². The molecule has 4 atom stereocenters. The highest BCUT2D eigenvalue weighted by molar-refractivity contribution is 5.74. The van der Waals surface area contributed by atoms with Crippen LogP contribution in [0.25, 0.3) is 0 Å². The van der Waals surface area contributed by atoms with Gasteiger partial charge in [0, 0.05) is 13.2 Å². The van der Waals surface area contributed by atoms with Gasteiger partial charge in [-0.2, -0.15) is 0 Å². The summed E-state index contributed by atoms with van der Waals surface area (Å²) in [7, 11) is 0. The summed E-state index contributed by atoms with van der Waals surface area (Å²) in [5.74, 6) is -0.0612. The molecular weight excluding hydrogens is 242 g/mol. The Balaban J connectivity index is 1.91. The van der Waals surface area contributed by atoms with Crippen molar-refractivity contribution in [2.45, 2.75) is 51.7 Å². The topological polar surface area (TPSA) is 58.6 Å². The van der Waals surface area contributed by atoms with E-state index in [1.54, 1.807) is 0 Å². The highest BCUT2D eigenvalue weighted by atomic mass is 16.5. The van der Waals surface area contributed by atoms with Gasteiger partial charge in [0.25, 0.3) is 0 Å². The van der Waals surface area contributed by atoms with Crippen LogP contribution in [0.3, 0.4) is 0 Å². The number of carboxylic acid groups (broad SMARTS) is 1. The smallest absolute Gasteiger partial charge is 0.320 e. The molecule has 1 aliphatic heterocycles. The number of rotatable bonds is 5. The minimum Gasteiger partial charge on any atom is -0.480 e. The lowest BCUT2D eigenvalue weighted by molar-refractivity contribution is -0.141. The van der Waals surface area contributed by atoms with Crippen LogP contribution in [0.4, 0.5) is 0 Å². The van der Waals surface area contributed by atoms with Gasteiger partial charge >= 0.3 is 5.97 Å². The second kappa shape index (κ2) is 6.53. The van der Waals surface area contributed by atoms with Crippen molar-refractivity contribution in [2.24, 2.45) is 11.8 Å². The molecule has 1 heterocycles. The largest absolute Gasteiger partial charge is 0.480 e. The highest BCUT2D eigenvalue weighted by Gasteiger charge is 2.31. The first-order valence-corrected chi connectivity index (χ1v) is 7.31. The molecule has 1 aliphatic carbocycles. The van der Waals surface area contributed by atoms with Gasteiger partial charge in [-0.1, -0.05) is 18.6 Å². The molecule has 0 amide bonds. The van der Waals surface area contributed by atoms with Crippen molar-refractivity contribution in [1.29, 1.82) is 0 Å². The van der Waals surface area contributed by atoms with Gasteiger partial charge in [-0.3, -0.25) is 4.79 Å². The second-order valence-corrected chi connectivity index (χ2v) is 6.05. The number of ether oxygens (including phenoxy) is 1. The van der Waals surface area contributed by atoms with E-state index in [0.717, 1.165) is 32.3 Å². The highest BCUT2D eigenvalue weighted by Crippen LogP contribution is 2.30. The quantitative estimate of drug-likeness (QED) is 0.750. The number of aliphatic carboxylic acids is 1. The fraction of sp³-hybridized carbons (Fsp3) is 0.800. The Morgan fingerprint density at radius 1 is 1.63 bits per heavy atom. The summed E-state index contributed by atoms with van der Waals surface area (Å²) < 4.78 is 5.55. The first-order valence-electron chi connectivity index (χ1n) is 7.31. The van der Waals surface area contributed by atoms with Crippen LogP contribution in [-0.4, -0.2) is 36.4 Å². The Kier molecular flexibility index (Phi) is 4.99. The lowest BCUT2D eigenvalue weighted by Gasteiger charge is -2.31. The maximum atomic E-state index is 11.5. The Morgan fingerprint density at radius 3 is 3.00 bits per heavy atom. The van der Waals surface area contributed by atoms with Crippen LogP contribution in [0, 0.1) is 11.8 Å². The molecule has 1 fully saturated rings. The van der Waals surface area contributed by atoms with Crippen LogP contribution >= 0.6 is 0 Å². The van der Waals surface area contributed by atoms with Crippen LogP contribution in [0.5, 0.6) is 0 Å². The average Bonchev–Trinajstić information content (AvgIpc) is 2.80. The average molecular weight is 267 g/mol. The summed E-state index contributed by atoms with van der Waals surface area (Å²) in [6, 6.07) is -0.449. The molecule has 4 heteroatoms. The van der Waals surface area contributed by atoms with Crippen LogP contribution in [0.2, 0.25) is 0 Å². The molecule has 0 radical (unpaired) electrons. The number of hydrogen-bond donors (Lipinski definition) is 2. The SMILES string of the molecule is CC1=CC(C)CC(C(NCC2CCCO2)C(=O)O)C1. The number of carbonyl (C=O) groups is 1. The second-order valence-electron chi connectivity index (χ2n) is 6.05. The van der Waals surface area contributed by atoms with E-state index >= 15 is 0 Å². The molecule has 0 aromatic heterocycles. The number of allylic oxidation sites excluding steroid dienone is 2. The number of hydrogen-bond acceptors (Lipinski definition) is 3. The third-order valence-corrected chi connectivity index (χ3v) is 4.15. The minimum absolute atomic E-state index is 0.193. The molecule has 0 aromatic rings. The van der Waals surface area contributed by atoms with Crippen molar-refractivity contribution < 1.29 is 14.6 Å². The van der Waals surface area contributed by atoms with Gasteiger partial charge in [0.05, 0.1) is 6.10 Å². The molecule has 0 spiro atoms. The van der Waals surface area contributed by atoms with Gasteiger partial charge in [0.1, 0.15) is 6.04 Å². The summed E-state index contributed by atoms with van der Waals surface area (Å²) >= 11 is 0. The predicted molar refractivity (Wildman–Crippen MR) is 74.0 cm³/mol. The van der Waals surface area contributed by atoms with Gasteiger partial charge in [0.2, 0.25) is 0 Å². The van der Waals surface area contributed by atoms with Crippen LogP contribution < -0.4 is 5.32 Å². The molecule has 0 bridgehead atoms. The van der Waals surface area contributed by atoms with Gasteiger partial charge in [-0.25, -0.2) is 0 Å². The normalized spacial score (nSPS) is 32.9. The third-order valence-electron chi connectivity index (χ3n) is 4.15. The van der Waals surface area contributed by atoms with Crippen molar-refractivity contribution in [1.82, 2.24) is 5.32 Å². The molecule has 0 saturated carbocycles.